The van der Waals surface area contributed by atoms with E-state index < -0.39 is 14.1 Å². The van der Waals surface area contributed by atoms with Crippen LogP contribution < -0.4 is 0 Å². The third-order valence-corrected chi connectivity index (χ3v) is 4.42. The lowest BCUT2D eigenvalue weighted by Crippen LogP contribution is -2.50. The molecule has 2 atom stereocenters. The van der Waals surface area contributed by atoms with E-state index in [-0.39, 0.29) is 5.92 Å². The maximum Gasteiger partial charge on any atom is 0.223 e. The first-order chi connectivity index (χ1) is 10.3. The summed E-state index contributed by atoms with van der Waals surface area (Å²) in [6.07, 6.45) is 2.81. The van der Waals surface area contributed by atoms with Gasteiger partial charge in [0.2, 0.25) is 8.32 Å². The molecule has 0 amide bonds. The van der Waals surface area contributed by atoms with E-state index in [9.17, 15) is 0 Å². The van der Waals surface area contributed by atoms with E-state index in [0.717, 1.165) is 12.1 Å². The van der Waals surface area contributed by atoms with Gasteiger partial charge in [0, 0.05) is 19.4 Å². The first-order valence-electron chi connectivity index (χ1n) is 7.73. The van der Waals surface area contributed by atoms with Gasteiger partial charge in [0.05, 0.1) is 5.70 Å². The van der Waals surface area contributed by atoms with Gasteiger partial charge in [-0.25, -0.2) is 4.84 Å². The molecule has 1 heterocycles. The summed E-state index contributed by atoms with van der Waals surface area (Å²) in [5.41, 5.74) is 2.27. The number of hydroxylamine groups is 2. The summed E-state index contributed by atoms with van der Waals surface area (Å²) in [7, 11) is -0.128. The van der Waals surface area contributed by atoms with E-state index in [4.69, 9.17) is 14.1 Å². The molecule has 122 valence electrons. The number of nitrogens with zero attached hydrogens (tertiary/aromatic N) is 1. The Labute approximate surface area is 134 Å². The fourth-order valence-corrected chi connectivity index (χ4v) is 3.23. The molecule has 0 radical (unpaired) electrons. The van der Waals surface area contributed by atoms with Crippen LogP contribution in [0.2, 0.25) is 19.6 Å². The Bertz CT molecular complexity index is 526. The molecule has 5 heteroatoms. The van der Waals surface area contributed by atoms with Crippen LogP contribution in [0.25, 0.3) is 0 Å². The number of ether oxygens (including phenoxy) is 1. The van der Waals surface area contributed by atoms with Crippen LogP contribution in [-0.2, 0) is 14.1 Å². The summed E-state index contributed by atoms with van der Waals surface area (Å²) < 4.78 is 11.7. The van der Waals surface area contributed by atoms with Crippen LogP contribution in [0.1, 0.15) is 31.7 Å². The normalized spacial score (nSPS) is 28.2. The molecule has 1 aromatic carbocycles. The van der Waals surface area contributed by atoms with Crippen LogP contribution in [0.5, 0.6) is 0 Å². The number of hydrogen-bond donors (Lipinski definition) is 0. The molecule has 22 heavy (non-hydrogen) atoms. The molecule has 0 spiro atoms. The van der Waals surface area contributed by atoms with Gasteiger partial charge in [-0.05, 0) is 39.1 Å². The number of rotatable bonds is 4. The van der Waals surface area contributed by atoms with Crippen LogP contribution in [0, 0.1) is 0 Å². The van der Waals surface area contributed by atoms with Crippen LogP contribution in [-0.4, -0.2) is 26.4 Å². The Hall–Kier alpha value is -1.14. The van der Waals surface area contributed by atoms with Gasteiger partial charge in [-0.1, -0.05) is 36.4 Å². The van der Waals surface area contributed by atoms with Crippen molar-refractivity contribution in [2.24, 2.45) is 0 Å². The molecule has 1 aliphatic rings. The third-order valence-electron chi connectivity index (χ3n) is 3.71. The summed E-state index contributed by atoms with van der Waals surface area (Å²) >= 11 is 0. The van der Waals surface area contributed by atoms with Crippen molar-refractivity contribution >= 4 is 8.32 Å². The second-order valence-corrected chi connectivity index (χ2v) is 11.2. The van der Waals surface area contributed by atoms with Crippen molar-refractivity contribution in [3.8, 4) is 0 Å². The van der Waals surface area contributed by atoms with E-state index in [0.29, 0.717) is 0 Å². The van der Waals surface area contributed by atoms with Crippen LogP contribution in [0.4, 0.5) is 0 Å². The van der Waals surface area contributed by atoms with Crippen molar-refractivity contribution in [2.45, 2.75) is 51.6 Å². The van der Waals surface area contributed by atoms with Gasteiger partial charge in [-0.3, -0.25) is 4.53 Å². The lowest BCUT2D eigenvalue weighted by atomic mass is 9.88. The smallest absolute Gasteiger partial charge is 0.223 e. The molecular formula is C17H27NO3Si. The SMILES string of the molecule is C/C=C1\[C@H](c2ccccc2)C[C@@](C)(OC)ON1O[Si](C)(C)C. The van der Waals surface area contributed by atoms with Crippen LogP contribution in [0.3, 0.4) is 0 Å². The first-order valence-corrected chi connectivity index (χ1v) is 11.1. The van der Waals surface area contributed by atoms with Gasteiger partial charge < -0.3 is 4.74 Å². The Morgan fingerprint density at radius 2 is 1.91 bits per heavy atom. The Morgan fingerprint density at radius 3 is 2.41 bits per heavy atom. The highest BCUT2D eigenvalue weighted by Crippen LogP contribution is 2.42. The van der Waals surface area contributed by atoms with E-state index >= 15 is 0 Å². The van der Waals surface area contributed by atoms with Gasteiger partial charge >= 0.3 is 0 Å². The minimum Gasteiger partial charge on any atom is -0.351 e. The van der Waals surface area contributed by atoms with Crippen molar-refractivity contribution < 1.29 is 14.1 Å². The van der Waals surface area contributed by atoms with E-state index in [1.165, 1.54) is 5.56 Å². The maximum absolute atomic E-state index is 6.13. The summed E-state index contributed by atoms with van der Waals surface area (Å²) in [6, 6.07) is 10.4. The second-order valence-electron chi connectivity index (χ2n) is 6.77. The minimum absolute atomic E-state index is 0.182. The molecule has 0 aromatic heterocycles. The topological polar surface area (TPSA) is 30.9 Å². The van der Waals surface area contributed by atoms with Gasteiger partial charge in [-0.2, -0.15) is 0 Å². The largest absolute Gasteiger partial charge is 0.351 e. The Kier molecular flexibility index (Phi) is 5.12. The number of benzene rings is 1. The standard InChI is InChI=1S/C17H27NO3Si/c1-7-16-15(14-11-9-8-10-12-14)13-17(2,19-3)20-18(16)21-22(4,5)6/h7-12,15H,13H2,1-6H3/b16-7+/t15-,17-/m0/s1. The van der Waals surface area contributed by atoms with Crippen molar-refractivity contribution in [1.29, 1.82) is 0 Å². The van der Waals surface area contributed by atoms with Gasteiger partial charge in [0.25, 0.3) is 0 Å². The Morgan fingerprint density at radius 1 is 1.27 bits per heavy atom. The van der Waals surface area contributed by atoms with Gasteiger partial charge in [-0.15, -0.1) is 5.23 Å². The molecule has 2 rings (SSSR count). The fraction of sp³-hybridized carbons (Fsp3) is 0.529. The molecule has 1 aliphatic heterocycles. The summed E-state index contributed by atoms with van der Waals surface area (Å²) in [5.74, 6) is -0.520. The number of hydrogen-bond acceptors (Lipinski definition) is 4. The minimum atomic E-state index is -1.80. The third kappa shape index (κ3) is 3.98. The molecular weight excluding hydrogens is 294 g/mol. The van der Waals surface area contributed by atoms with Crippen LogP contribution in [0.15, 0.2) is 42.1 Å². The summed E-state index contributed by atoms with van der Waals surface area (Å²) in [6.45, 7) is 10.4. The van der Waals surface area contributed by atoms with Gasteiger partial charge in [0.15, 0.2) is 5.79 Å². The quantitative estimate of drug-likeness (QED) is 0.767. The van der Waals surface area contributed by atoms with Gasteiger partial charge in [0.1, 0.15) is 0 Å². The summed E-state index contributed by atoms with van der Waals surface area (Å²) in [4.78, 5) is 6.01. The number of allylic oxidation sites excluding steroid dienone is 2. The van der Waals surface area contributed by atoms with E-state index in [1.807, 2.05) is 19.9 Å². The zero-order valence-corrected chi connectivity index (χ0v) is 15.4. The molecule has 0 saturated carbocycles. The highest BCUT2D eigenvalue weighted by molar-refractivity contribution is 6.69. The maximum atomic E-state index is 6.13. The van der Waals surface area contributed by atoms with Crippen LogP contribution >= 0.6 is 0 Å². The van der Waals surface area contributed by atoms with Crippen molar-refractivity contribution in [3.05, 3.63) is 47.7 Å². The average molecular weight is 321 g/mol. The predicted octanol–water partition coefficient (Wildman–Crippen LogP) is 4.44. The molecule has 4 nitrogen and oxygen atoms in total. The van der Waals surface area contributed by atoms with Crippen molar-refractivity contribution in [1.82, 2.24) is 5.23 Å². The summed E-state index contributed by atoms with van der Waals surface area (Å²) in [5, 5.41) is 1.59. The highest BCUT2D eigenvalue weighted by Gasteiger charge is 2.43. The van der Waals surface area contributed by atoms with Crippen molar-refractivity contribution in [2.75, 3.05) is 7.11 Å². The first kappa shape index (κ1) is 17.2. The lowest BCUT2D eigenvalue weighted by Gasteiger charge is -2.45. The molecule has 1 fully saturated rings. The molecule has 1 aromatic rings. The zero-order chi connectivity index (χ0) is 16.4. The van der Waals surface area contributed by atoms with Crippen molar-refractivity contribution in [3.63, 3.8) is 0 Å². The Balaban J connectivity index is 2.38. The van der Waals surface area contributed by atoms with E-state index in [1.54, 1.807) is 12.3 Å². The monoisotopic (exact) mass is 321 g/mol. The molecule has 0 bridgehead atoms. The number of methoxy groups -OCH3 is 1. The highest BCUT2D eigenvalue weighted by atomic mass is 28.4. The average Bonchev–Trinajstić information content (AvgIpc) is 2.46. The molecule has 1 saturated heterocycles. The molecule has 0 unspecified atom stereocenters. The molecule has 0 aliphatic carbocycles. The zero-order valence-electron chi connectivity index (χ0n) is 14.4. The molecule has 0 N–H and O–H groups in total. The fourth-order valence-electron chi connectivity index (χ4n) is 2.59. The van der Waals surface area contributed by atoms with E-state index in [2.05, 4.69) is 50.0 Å². The second kappa shape index (κ2) is 6.54. The lowest BCUT2D eigenvalue weighted by molar-refractivity contribution is -0.422. The predicted molar refractivity (Wildman–Crippen MR) is 90.3 cm³/mol.